The van der Waals surface area contributed by atoms with Gasteiger partial charge in [0, 0.05) is 4.88 Å². The quantitative estimate of drug-likeness (QED) is 0.843. The fourth-order valence-corrected chi connectivity index (χ4v) is 2.89. The lowest BCUT2D eigenvalue weighted by molar-refractivity contribution is -0.130. The molecule has 0 unspecified atom stereocenters. The molecule has 2 aromatic rings. The number of benzene rings is 1. The number of hydrogen-bond acceptors (Lipinski definition) is 4. The minimum absolute atomic E-state index is 0.202. The van der Waals surface area contributed by atoms with E-state index in [2.05, 4.69) is 0 Å². The van der Waals surface area contributed by atoms with Crippen LogP contribution in [0, 0.1) is 0 Å². The molecular weight excluding hydrogens is 312 g/mol. The summed E-state index contributed by atoms with van der Waals surface area (Å²) in [6.45, 7) is 0. The molecule has 1 N–H and O–H groups in total. The summed E-state index contributed by atoms with van der Waals surface area (Å²) >= 11 is 7.48. The molecule has 0 saturated heterocycles. The zero-order valence-corrected chi connectivity index (χ0v) is 13.0. The zero-order chi connectivity index (χ0) is 15.4. The maximum absolute atomic E-state index is 11.4. The van der Waals surface area contributed by atoms with Gasteiger partial charge in [0.05, 0.1) is 24.8 Å². The Hall–Kier alpha value is -1.98. The number of carbonyl (C=O) groups is 1. The van der Waals surface area contributed by atoms with Crippen molar-refractivity contribution < 1.29 is 19.4 Å². The first-order valence-electron chi connectivity index (χ1n) is 5.97. The molecule has 0 saturated carbocycles. The zero-order valence-electron chi connectivity index (χ0n) is 11.4. The molecule has 0 bridgehead atoms. The highest BCUT2D eigenvalue weighted by atomic mass is 35.5. The number of ether oxygens (including phenoxy) is 2. The van der Waals surface area contributed by atoms with Crippen LogP contribution in [0.15, 0.2) is 29.6 Å². The van der Waals surface area contributed by atoms with E-state index in [0.717, 1.165) is 0 Å². The SMILES string of the molecule is COc1cc(/C=C(\C(=O)O)c2cccs2)cc(Cl)c1OC. The highest BCUT2D eigenvalue weighted by Crippen LogP contribution is 2.37. The van der Waals surface area contributed by atoms with Gasteiger partial charge >= 0.3 is 5.97 Å². The molecule has 21 heavy (non-hydrogen) atoms. The number of hydrogen-bond donors (Lipinski definition) is 1. The Kier molecular flexibility index (Phi) is 4.88. The Morgan fingerprint density at radius 3 is 2.62 bits per heavy atom. The van der Waals surface area contributed by atoms with Crippen molar-refractivity contribution in [1.82, 2.24) is 0 Å². The van der Waals surface area contributed by atoms with Crippen molar-refractivity contribution in [3.8, 4) is 11.5 Å². The molecule has 0 atom stereocenters. The molecule has 0 spiro atoms. The molecule has 2 rings (SSSR count). The van der Waals surface area contributed by atoms with Gasteiger partial charge in [0.1, 0.15) is 0 Å². The van der Waals surface area contributed by atoms with Gasteiger partial charge in [-0.2, -0.15) is 0 Å². The van der Waals surface area contributed by atoms with Crippen LogP contribution in [-0.2, 0) is 4.79 Å². The van der Waals surface area contributed by atoms with E-state index in [9.17, 15) is 9.90 Å². The highest BCUT2D eigenvalue weighted by molar-refractivity contribution is 7.11. The maximum atomic E-state index is 11.4. The molecule has 1 heterocycles. The van der Waals surface area contributed by atoms with Crippen molar-refractivity contribution in [2.45, 2.75) is 0 Å². The average Bonchev–Trinajstić information content (AvgIpc) is 2.97. The van der Waals surface area contributed by atoms with Crippen molar-refractivity contribution in [2.75, 3.05) is 14.2 Å². The van der Waals surface area contributed by atoms with Crippen LogP contribution in [0.5, 0.6) is 11.5 Å². The second kappa shape index (κ2) is 6.65. The predicted octanol–water partition coefficient (Wildman–Crippen LogP) is 4.04. The molecule has 0 fully saturated rings. The molecule has 1 aromatic heterocycles. The predicted molar refractivity (Wildman–Crippen MR) is 84.4 cm³/mol. The number of halogens is 1. The van der Waals surface area contributed by atoms with Crippen LogP contribution in [0.4, 0.5) is 0 Å². The highest BCUT2D eigenvalue weighted by Gasteiger charge is 2.14. The second-order valence-corrected chi connectivity index (χ2v) is 5.43. The van der Waals surface area contributed by atoms with E-state index in [1.807, 2.05) is 5.38 Å². The third-order valence-corrected chi connectivity index (χ3v) is 3.97. The van der Waals surface area contributed by atoms with Crippen LogP contribution < -0.4 is 9.47 Å². The monoisotopic (exact) mass is 324 g/mol. The van der Waals surface area contributed by atoms with Crippen molar-refractivity contribution in [3.05, 3.63) is 45.1 Å². The Labute approximate surface area is 131 Å². The fraction of sp³-hybridized carbons (Fsp3) is 0.133. The molecule has 6 heteroatoms. The normalized spacial score (nSPS) is 11.3. The summed E-state index contributed by atoms with van der Waals surface area (Å²) < 4.78 is 10.4. The van der Waals surface area contributed by atoms with Gasteiger partial charge < -0.3 is 14.6 Å². The lowest BCUT2D eigenvalue weighted by Gasteiger charge is -2.10. The van der Waals surface area contributed by atoms with Gasteiger partial charge in [-0.3, -0.25) is 0 Å². The molecule has 0 aliphatic rings. The van der Waals surface area contributed by atoms with Gasteiger partial charge in [0.25, 0.3) is 0 Å². The van der Waals surface area contributed by atoms with Crippen molar-refractivity contribution in [1.29, 1.82) is 0 Å². The first-order valence-corrected chi connectivity index (χ1v) is 7.23. The number of aliphatic carboxylic acids is 1. The fourth-order valence-electron chi connectivity index (χ4n) is 1.86. The van der Waals surface area contributed by atoms with Gasteiger partial charge in [-0.15, -0.1) is 11.3 Å². The Bertz CT molecular complexity index is 677. The molecule has 0 aliphatic carbocycles. The molecule has 4 nitrogen and oxygen atoms in total. The summed E-state index contributed by atoms with van der Waals surface area (Å²) in [5, 5.41) is 11.5. The topological polar surface area (TPSA) is 55.8 Å². The van der Waals surface area contributed by atoms with E-state index < -0.39 is 5.97 Å². The summed E-state index contributed by atoms with van der Waals surface area (Å²) in [7, 11) is 2.99. The summed E-state index contributed by atoms with van der Waals surface area (Å²) in [6, 6.07) is 6.88. The Morgan fingerprint density at radius 1 is 1.33 bits per heavy atom. The molecule has 0 radical (unpaired) electrons. The van der Waals surface area contributed by atoms with E-state index in [0.29, 0.717) is 27.0 Å². The lowest BCUT2D eigenvalue weighted by atomic mass is 10.1. The molecule has 1 aromatic carbocycles. The number of thiophene rings is 1. The van der Waals surface area contributed by atoms with Gasteiger partial charge in [0.2, 0.25) is 0 Å². The standard InChI is InChI=1S/C15H13ClO4S/c1-19-12-8-9(7-11(16)14(12)20-2)6-10(15(17)18)13-4-3-5-21-13/h3-8H,1-2H3,(H,17,18)/b10-6-. The third kappa shape index (κ3) is 3.37. The van der Waals surface area contributed by atoms with Crippen LogP contribution in [0.1, 0.15) is 10.4 Å². The summed E-state index contributed by atoms with van der Waals surface area (Å²) in [6.07, 6.45) is 1.56. The van der Waals surface area contributed by atoms with E-state index in [1.54, 1.807) is 30.3 Å². The van der Waals surface area contributed by atoms with Crippen molar-refractivity contribution in [2.24, 2.45) is 0 Å². The van der Waals surface area contributed by atoms with Gasteiger partial charge in [-0.05, 0) is 35.2 Å². The second-order valence-electron chi connectivity index (χ2n) is 4.08. The summed E-state index contributed by atoms with van der Waals surface area (Å²) in [4.78, 5) is 12.1. The summed E-state index contributed by atoms with van der Waals surface area (Å²) in [5.74, 6) is -0.125. The van der Waals surface area contributed by atoms with Crippen LogP contribution in [-0.4, -0.2) is 25.3 Å². The largest absolute Gasteiger partial charge is 0.493 e. The van der Waals surface area contributed by atoms with E-state index in [1.165, 1.54) is 25.6 Å². The third-order valence-electron chi connectivity index (χ3n) is 2.78. The van der Waals surface area contributed by atoms with Crippen LogP contribution in [0.3, 0.4) is 0 Å². The van der Waals surface area contributed by atoms with Gasteiger partial charge in [-0.1, -0.05) is 17.7 Å². The minimum atomic E-state index is -0.997. The number of carboxylic acids is 1. The van der Waals surface area contributed by atoms with Crippen LogP contribution in [0.25, 0.3) is 11.6 Å². The first kappa shape index (κ1) is 15.4. The number of carboxylic acid groups (broad SMARTS) is 1. The minimum Gasteiger partial charge on any atom is -0.493 e. The molecular formula is C15H13ClO4S. The Morgan fingerprint density at radius 2 is 2.10 bits per heavy atom. The van der Waals surface area contributed by atoms with Gasteiger partial charge in [-0.25, -0.2) is 4.79 Å². The van der Waals surface area contributed by atoms with Crippen molar-refractivity contribution in [3.63, 3.8) is 0 Å². The molecule has 0 aliphatic heterocycles. The first-order chi connectivity index (χ1) is 10.1. The number of methoxy groups -OCH3 is 2. The number of rotatable bonds is 5. The Balaban J connectivity index is 2.53. The van der Waals surface area contributed by atoms with Crippen LogP contribution in [0.2, 0.25) is 5.02 Å². The van der Waals surface area contributed by atoms with E-state index in [4.69, 9.17) is 21.1 Å². The summed E-state index contributed by atoms with van der Waals surface area (Å²) in [5.41, 5.74) is 0.830. The van der Waals surface area contributed by atoms with Crippen molar-refractivity contribution >= 4 is 40.6 Å². The van der Waals surface area contributed by atoms with Crippen LogP contribution >= 0.6 is 22.9 Å². The van der Waals surface area contributed by atoms with Gasteiger partial charge in [0.15, 0.2) is 11.5 Å². The average molecular weight is 325 g/mol. The molecule has 110 valence electrons. The molecule has 0 amide bonds. The smallest absolute Gasteiger partial charge is 0.337 e. The lowest BCUT2D eigenvalue weighted by Crippen LogP contribution is -1.98. The van der Waals surface area contributed by atoms with E-state index >= 15 is 0 Å². The van der Waals surface area contributed by atoms with E-state index in [-0.39, 0.29) is 5.57 Å². The maximum Gasteiger partial charge on any atom is 0.337 e.